The van der Waals surface area contributed by atoms with E-state index in [2.05, 4.69) is 4.98 Å². The third-order valence-electron chi connectivity index (χ3n) is 3.96. The Bertz CT molecular complexity index is 757. The van der Waals surface area contributed by atoms with Crippen molar-refractivity contribution >= 4 is 11.7 Å². The molecule has 0 saturated carbocycles. The SMILES string of the molecule is CC(C)N1CC(c2ccc(Oc3ccc(F)cc3)cn2)C(=O)C1=O. The van der Waals surface area contributed by atoms with Crippen LogP contribution in [0.25, 0.3) is 0 Å². The Morgan fingerprint density at radius 1 is 1.12 bits per heavy atom. The van der Waals surface area contributed by atoms with E-state index in [0.29, 0.717) is 23.7 Å². The summed E-state index contributed by atoms with van der Waals surface area (Å²) in [5, 5.41) is 0. The van der Waals surface area contributed by atoms with Crippen LogP contribution in [0.1, 0.15) is 25.5 Å². The van der Waals surface area contributed by atoms with Crippen molar-refractivity contribution in [2.45, 2.75) is 25.8 Å². The van der Waals surface area contributed by atoms with E-state index in [9.17, 15) is 14.0 Å². The predicted octanol–water partition coefficient (Wildman–Crippen LogP) is 2.92. The van der Waals surface area contributed by atoms with Crippen LogP contribution in [0.2, 0.25) is 0 Å². The van der Waals surface area contributed by atoms with Gasteiger partial charge < -0.3 is 9.64 Å². The fraction of sp³-hybridized carbons (Fsp3) is 0.278. The lowest BCUT2D eigenvalue weighted by Gasteiger charge is -2.19. The Balaban J connectivity index is 1.74. The molecule has 1 saturated heterocycles. The van der Waals surface area contributed by atoms with Gasteiger partial charge in [0, 0.05) is 12.6 Å². The number of amides is 1. The molecule has 24 heavy (non-hydrogen) atoms. The van der Waals surface area contributed by atoms with Crippen molar-refractivity contribution < 1.29 is 18.7 Å². The summed E-state index contributed by atoms with van der Waals surface area (Å²) in [5.74, 6) is -0.798. The molecule has 0 bridgehead atoms. The zero-order valence-electron chi connectivity index (χ0n) is 13.4. The number of nitrogens with zero attached hydrogens (tertiary/aromatic N) is 2. The lowest BCUT2D eigenvalue weighted by atomic mass is 10.0. The van der Waals surface area contributed by atoms with Crippen molar-refractivity contribution in [3.63, 3.8) is 0 Å². The number of Topliss-reactive ketones (excluding diaryl/α,β-unsaturated/α-hetero) is 1. The highest BCUT2D eigenvalue weighted by molar-refractivity contribution is 6.40. The molecule has 1 fully saturated rings. The molecule has 1 aliphatic rings. The number of ketones is 1. The summed E-state index contributed by atoms with van der Waals surface area (Å²) < 4.78 is 18.4. The second-order valence-corrected chi connectivity index (χ2v) is 5.94. The normalized spacial score (nSPS) is 17.7. The van der Waals surface area contributed by atoms with Crippen LogP contribution in [-0.4, -0.2) is 34.2 Å². The van der Waals surface area contributed by atoms with Gasteiger partial charge in [0.05, 0.1) is 17.8 Å². The van der Waals surface area contributed by atoms with Crippen LogP contribution in [0.4, 0.5) is 4.39 Å². The molecule has 2 aromatic rings. The highest BCUT2D eigenvalue weighted by atomic mass is 19.1. The fourth-order valence-corrected chi connectivity index (χ4v) is 2.62. The number of hydrogen-bond donors (Lipinski definition) is 0. The zero-order chi connectivity index (χ0) is 17.3. The summed E-state index contributed by atoms with van der Waals surface area (Å²) >= 11 is 0. The smallest absolute Gasteiger partial charge is 0.290 e. The van der Waals surface area contributed by atoms with Gasteiger partial charge in [-0.25, -0.2) is 4.39 Å². The topological polar surface area (TPSA) is 59.5 Å². The molecule has 2 heterocycles. The highest BCUT2D eigenvalue weighted by Crippen LogP contribution is 2.27. The maximum absolute atomic E-state index is 12.9. The van der Waals surface area contributed by atoms with Crippen molar-refractivity contribution in [2.24, 2.45) is 0 Å². The standard InChI is InChI=1S/C18H17FN2O3/c1-11(2)21-10-15(17(22)18(21)23)16-8-7-14(9-20-16)24-13-5-3-12(19)4-6-13/h3-9,11,15H,10H2,1-2H3. The quantitative estimate of drug-likeness (QED) is 0.810. The maximum atomic E-state index is 12.9. The first-order valence-corrected chi connectivity index (χ1v) is 7.70. The Labute approximate surface area is 139 Å². The minimum atomic E-state index is -0.542. The third-order valence-corrected chi connectivity index (χ3v) is 3.96. The minimum absolute atomic E-state index is 0.0208. The Hall–Kier alpha value is -2.76. The molecule has 6 heteroatoms. The molecule has 1 aliphatic heterocycles. The molecule has 0 N–H and O–H groups in total. The Kier molecular flexibility index (Phi) is 4.29. The largest absolute Gasteiger partial charge is 0.456 e. The number of aromatic nitrogens is 1. The van der Waals surface area contributed by atoms with Gasteiger partial charge >= 0.3 is 0 Å². The molecule has 5 nitrogen and oxygen atoms in total. The van der Waals surface area contributed by atoms with E-state index in [4.69, 9.17) is 4.74 Å². The van der Waals surface area contributed by atoms with Gasteiger partial charge in [-0.3, -0.25) is 14.6 Å². The first-order valence-electron chi connectivity index (χ1n) is 7.70. The van der Waals surface area contributed by atoms with E-state index < -0.39 is 17.6 Å². The number of carbonyl (C=O) groups excluding carboxylic acids is 2. The van der Waals surface area contributed by atoms with Crippen molar-refractivity contribution in [3.8, 4) is 11.5 Å². The molecule has 1 unspecified atom stereocenters. The van der Waals surface area contributed by atoms with Crippen LogP contribution in [0.15, 0.2) is 42.6 Å². The van der Waals surface area contributed by atoms with Gasteiger partial charge in [0.15, 0.2) is 0 Å². The molecule has 1 aromatic heterocycles. The summed E-state index contributed by atoms with van der Waals surface area (Å²) in [6.07, 6.45) is 1.49. The number of pyridine rings is 1. The second kappa shape index (κ2) is 6.39. The van der Waals surface area contributed by atoms with Gasteiger partial charge in [0.1, 0.15) is 17.3 Å². The van der Waals surface area contributed by atoms with Gasteiger partial charge in [0.25, 0.3) is 5.91 Å². The van der Waals surface area contributed by atoms with E-state index in [1.807, 2.05) is 13.8 Å². The molecule has 0 aliphatic carbocycles. The summed E-state index contributed by atoms with van der Waals surface area (Å²) in [4.78, 5) is 29.9. The van der Waals surface area contributed by atoms with E-state index in [1.165, 1.54) is 30.5 Å². The number of halogens is 1. The van der Waals surface area contributed by atoms with Crippen molar-refractivity contribution in [3.05, 3.63) is 54.1 Å². The highest BCUT2D eigenvalue weighted by Gasteiger charge is 2.41. The Morgan fingerprint density at radius 3 is 2.33 bits per heavy atom. The summed E-state index contributed by atoms with van der Waals surface area (Å²) in [6.45, 7) is 4.10. The fourth-order valence-electron chi connectivity index (χ4n) is 2.62. The molecule has 3 rings (SSSR count). The first kappa shape index (κ1) is 16.1. The summed E-state index contributed by atoms with van der Waals surface area (Å²) in [6, 6.07) is 8.99. The minimum Gasteiger partial charge on any atom is -0.456 e. The first-order chi connectivity index (χ1) is 11.5. The van der Waals surface area contributed by atoms with Crippen LogP contribution in [0.5, 0.6) is 11.5 Å². The van der Waals surface area contributed by atoms with Gasteiger partial charge in [-0.05, 0) is 50.2 Å². The number of hydrogen-bond acceptors (Lipinski definition) is 4. The lowest BCUT2D eigenvalue weighted by molar-refractivity contribution is -0.141. The average molecular weight is 328 g/mol. The van der Waals surface area contributed by atoms with E-state index in [0.717, 1.165) is 0 Å². The Morgan fingerprint density at radius 2 is 1.79 bits per heavy atom. The van der Waals surface area contributed by atoms with Crippen LogP contribution < -0.4 is 4.74 Å². The van der Waals surface area contributed by atoms with Crippen molar-refractivity contribution in [1.29, 1.82) is 0 Å². The molecule has 124 valence electrons. The third kappa shape index (κ3) is 3.13. The average Bonchev–Trinajstić information content (AvgIpc) is 2.86. The predicted molar refractivity (Wildman–Crippen MR) is 85.3 cm³/mol. The van der Waals surface area contributed by atoms with Crippen LogP contribution in [0, 0.1) is 5.82 Å². The van der Waals surface area contributed by atoms with Crippen LogP contribution >= 0.6 is 0 Å². The molecule has 0 spiro atoms. The van der Waals surface area contributed by atoms with Gasteiger partial charge in [0.2, 0.25) is 5.78 Å². The number of benzene rings is 1. The number of ether oxygens (including phenoxy) is 1. The van der Waals surface area contributed by atoms with E-state index in [-0.39, 0.29) is 11.9 Å². The van der Waals surface area contributed by atoms with Gasteiger partial charge in [-0.2, -0.15) is 0 Å². The van der Waals surface area contributed by atoms with E-state index >= 15 is 0 Å². The van der Waals surface area contributed by atoms with Crippen molar-refractivity contribution in [1.82, 2.24) is 9.88 Å². The zero-order valence-corrected chi connectivity index (χ0v) is 13.4. The number of carbonyl (C=O) groups is 2. The van der Waals surface area contributed by atoms with Crippen LogP contribution in [-0.2, 0) is 9.59 Å². The lowest BCUT2D eigenvalue weighted by Crippen LogP contribution is -2.33. The second-order valence-electron chi connectivity index (χ2n) is 5.94. The maximum Gasteiger partial charge on any atom is 0.290 e. The molecular weight excluding hydrogens is 311 g/mol. The molecular formula is C18H17FN2O3. The number of likely N-dealkylation sites (tertiary alicyclic amines) is 1. The summed E-state index contributed by atoms with van der Waals surface area (Å²) in [5.41, 5.74) is 0.544. The van der Waals surface area contributed by atoms with E-state index in [1.54, 1.807) is 17.0 Å². The van der Waals surface area contributed by atoms with Gasteiger partial charge in [-0.15, -0.1) is 0 Å². The molecule has 0 radical (unpaired) electrons. The van der Waals surface area contributed by atoms with Gasteiger partial charge in [-0.1, -0.05) is 0 Å². The summed E-state index contributed by atoms with van der Waals surface area (Å²) in [7, 11) is 0. The number of rotatable bonds is 4. The monoisotopic (exact) mass is 328 g/mol. The molecule has 1 amide bonds. The van der Waals surface area contributed by atoms with Crippen molar-refractivity contribution in [2.75, 3.05) is 6.54 Å². The molecule has 1 atom stereocenters. The van der Waals surface area contributed by atoms with Crippen LogP contribution in [0.3, 0.4) is 0 Å². The molecule has 1 aromatic carbocycles.